The van der Waals surface area contributed by atoms with Crippen molar-refractivity contribution in [3.8, 4) is 5.82 Å². The van der Waals surface area contributed by atoms with Gasteiger partial charge in [-0.15, -0.1) is 0 Å². The van der Waals surface area contributed by atoms with Gasteiger partial charge in [-0.25, -0.2) is 15.0 Å². The zero-order valence-electron chi connectivity index (χ0n) is 10.8. The molecule has 2 aromatic heterocycles. The Balaban J connectivity index is 2.28. The molecule has 0 unspecified atom stereocenters. The second-order valence-corrected chi connectivity index (χ2v) is 5.17. The summed E-state index contributed by atoms with van der Waals surface area (Å²) in [4.78, 5) is 12.8. The lowest BCUT2D eigenvalue weighted by molar-refractivity contribution is 0.317. The quantitative estimate of drug-likeness (QED) is 0.326. The Morgan fingerprint density at radius 3 is 2.95 bits per heavy atom. The van der Waals surface area contributed by atoms with E-state index in [0.717, 1.165) is 15.5 Å². The molecular weight excluding hydrogens is 336 g/mol. The van der Waals surface area contributed by atoms with E-state index in [1.165, 1.54) is 6.33 Å². The van der Waals surface area contributed by atoms with E-state index in [0.29, 0.717) is 11.6 Å². The van der Waals surface area contributed by atoms with Crippen LogP contribution in [0.5, 0.6) is 0 Å². The Bertz CT molecular complexity index is 828. The molecule has 0 aliphatic rings. The predicted molar refractivity (Wildman–Crippen MR) is 81.5 cm³/mol. The van der Waals surface area contributed by atoms with Crippen LogP contribution < -0.4 is 5.73 Å². The number of imidazole rings is 1. The number of para-hydroxylation sites is 2. The highest BCUT2D eigenvalue weighted by atomic mass is 79.9. The maximum Gasteiger partial charge on any atom is 0.156 e. The van der Waals surface area contributed by atoms with E-state index in [1.807, 2.05) is 28.8 Å². The van der Waals surface area contributed by atoms with Gasteiger partial charge in [-0.1, -0.05) is 17.3 Å². The molecule has 2 heterocycles. The summed E-state index contributed by atoms with van der Waals surface area (Å²) >= 11 is 3.44. The summed E-state index contributed by atoms with van der Waals surface area (Å²) < 4.78 is 2.59. The molecule has 0 aliphatic heterocycles. The summed E-state index contributed by atoms with van der Waals surface area (Å²) in [5.41, 5.74) is 7.31. The topological polar surface area (TPSA) is 102 Å². The lowest BCUT2D eigenvalue weighted by Crippen LogP contribution is -2.18. The Morgan fingerprint density at radius 1 is 1.38 bits per heavy atom. The van der Waals surface area contributed by atoms with Crippen LogP contribution in [0.15, 0.2) is 46.4 Å². The van der Waals surface area contributed by atoms with Gasteiger partial charge in [0, 0.05) is 6.20 Å². The summed E-state index contributed by atoms with van der Waals surface area (Å²) in [6.07, 6.45) is 3.33. The van der Waals surface area contributed by atoms with Crippen LogP contribution in [0, 0.1) is 0 Å². The highest BCUT2D eigenvalue weighted by Gasteiger charge is 2.16. The van der Waals surface area contributed by atoms with Crippen LogP contribution in [0.4, 0.5) is 0 Å². The second-order valence-electron chi connectivity index (χ2n) is 4.31. The smallest absolute Gasteiger partial charge is 0.156 e. The number of amidine groups is 1. The van der Waals surface area contributed by atoms with Gasteiger partial charge in [0.25, 0.3) is 0 Å². The fourth-order valence-electron chi connectivity index (χ4n) is 2.10. The summed E-state index contributed by atoms with van der Waals surface area (Å²) in [7, 11) is 0. The summed E-state index contributed by atoms with van der Waals surface area (Å²) in [5, 5.41) is 11.8. The number of hydrogen-bond donors (Lipinski definition) is 2. The fraction of sp³-hybridized carbons (Fsp3) is 0.0769. The third kappa shape index (κ3) is 2.45. The van der Waals surface area contributed by atoms with Crippen molar-refractivity contribution < 1.29 is 5.21 Å². The highest BCUT2D eigenvalue weighted by molar-refractivity contribution is 9.10. The first-order valence-corrected chi connectivity index (χ1v) is 6.88. The molecule has 3 N–H and O–H groups in total. The van der Waals surface area contributed by atoms with Crippen LogP contribution in [-0.2, 0) is 6.42 Å². The SMILES string of the molecule is NC(Cc1nc2ccccc2n1-c1ncncc1Br)=NO. The largest absolute Gasteiger partial charge is 0.409 e. The second kappa shape index (κ2) is 5.49. The van der Waals surface area contributed by atoms with Crippen LogP contribution in [0.25, 0.3) is 16.9 Å². The van der Waals surface area contributed by atoms with E-state index in [9.17, 15) is 0 Å². The molecule has 0 saturated heterocycles. The minimum atomic E-state index is 0.0803. The lowest BCUT2D eigenvalue weighted by Gasteiger charge is -2.09. The molecule has 0 amide bonds. The molecule has 8 heteroatoms. The van der Waals surface area contributed by atoms with Crippen molar-refractivity contribution in [3.63, 3.8) is 0 Å². The van der Waals surface area contributed by atoms with Crippen LogP contribution in [0.1, 0.15) is 5.82 Å². The molecule has 0 saturated carbocycles. The summed E-state index contributed by atoms with van der Waals surface area (Å²) in [6, 6.07) is 7.66. The third-order valence-corrected chi connectivity index (χ3v) is 3.52. The maximum atomic E-state index is 8.78. The van der Waals surface area contributed by atoms with Gasteiger partial charge in [0.1, 0.15) is 18.0 Å². The van der Waals surface area contributed by atoms with Crippen molar-refractivity contribution >= 4 is 32.8 Å². The number of rotatable bonds is 3. The fourth-order valence-corrected chi connectivity index (χ4v) is 2.50. The van der Waals surface area contributed by atoms with E-state index < -0.39 is 0 Å². The predicted octanol–water partition coefficient (Wildman–Crippen LogP) is 1.87. The first-order chi connectivity index (χ1) is 10.2. The van der Waals surface area contributed by atoms with Crippen LogP contribution in [0.3, 0.4) is 0 Å². The van der Waals surface area contributed by atoms with Crippen LogP contribution in [0.2, 0.25) is 0 Å². The molecule has 0 aliphatic carbocycles. The molecule has 0 bridgehead atoms. The molecule has 0 spiro atoms. The number of hydrogen-bond acceptors (Lipinski definition) is 5. The Kier molecular flexibility index (Phi) is 3.53. The van der Waals surface area contributed by atoms with Crippen molar-refractivity contribution in [3.05, 3.63) is 47.1 Å². The highest BCUT2D eigenvalue weighted by Crippen LogP contribution is 2.25. The molecule has 0 fully saturated rings. The number of aromatic nitrogens is 4. The summed E-state index contributed by atoms with van der Waals surface area (Å²) in [5.74, 6) is 1.36. The van der Waals surface area contributed by atoms with E-state index >= 15 is 0 Å². The monoisotopic (exact) mass is 346 g/mol. The molecule has 21 heavy (non-hydrogen) atoms. The standard InChI is InChI=1S/C13H11BrN6O/c14-8-6-16-7-17-13(8)20-10-4-2-1-3-9(10)18-12(20)5-11(15)19-21/h1-4,6-7,21H,5H2,(H2,15,19). The van der Waals surface area contributed by atoms with Gasteiger partial charge in [-0.05, 0) is 28.1 Å². The lowest BCUT2D eigenvalue weighted by atomic mass is 10.3. The molecule has 1 aromatic carbocycles. The molecule has 106 valence electrons. The molecule has 0 atom stereocenters. The van der Waals surface area contributed by atoms with E-state index in [2.05, 4.69) is 36.0 Å². The number of benzene rings is 1. The van der Waals surface area contributed by atoms with Crippen molar-refractivity contribution in [1.82, 2.24) is 19.5 Å². The van der Waals surface area contributed by atoms with Crippen molar-refractivity contribution in [2.45, 2.75) is 6.42 Å². The van der Waals surface area contributed by atoms with Gasteiger partial charge in [-0.3, -0.25) is 4.57 Å². The maximum absolute atomic E-state index is 8.78. The number of nitrogens with zero attached hydrogens (tertiary/aromatic N) is 5. The average molecular weight is 347 g/mol. The van der Waals surface area contributed by atoms with Crippen molar-refractivity contribution in [1.29, 1.82) is 0 Å². The summed E-state index contributed by atoms with van der Waals surface area (Å²) in [6.45, 7) is 0. The zero-order valence-corrected chi connectivity index (χ0v) is 12.4. The number of oxime groups is 1. The Morgan fingerprint density at radius 2 is 2.19 bits per heavy atom. The van der Waals surface area contributed by atoms with Gasteiger partial charge >= 0.3 is 0 Å². The van der Waals surface area contributed by atoms with Crippen LogP contribution in [-0.4, -0.2) is 30.6 Å². The minimum Gasteiger partial charge on any atom is -0.409 e. The first-order valence-electron chi connectivity index (χ1n) is 6.09. The van der Waals surface area contributed by atoms with Crippen LogP contribution >= 0.6 is 15.9 Å². The van der Waals surface area contributed by atoms with Gasteiger partial charge in [0.2, 0.25) is 0 Å². The van der Waals surface area contributed by atoms with Gasteiger partial charge in [0.05, 0.1) is 21.9 Å². The van der Waals surface area contributed by atoms with Gasteiger partial charge in [-0.2, -0.15) is 0 Å². The number of nitrogens with two attached hydrogens (primary N) is 1. The van der Waals surface area contributed by atoms with E-state index in [1.54, 1.807) is 6.20 Å². The van der Waals surface area contributed by atoms with Gasteiger partial charge in [0.15, 0.2) is 5.82 Å². The molecule has 3 aromatic rings. The van der Waals surface area contributed by atoms with E-state index in [-0.39, 0.29) is 12.3 Å². The molecular formula is C13H11BrN6O. The Hall–Kier alpha value is -2.48. The third-order valence-electron chi connectivity index (χ3n) is 2.96. The number of halogens is 1. The normalized spacial score (nSPS) is 12.0. The van der Waals surface area contributed by atoms with Crippen molar-refractivity contribution in [2.75, 3.05) is 0 Å². The molecule has 0 radical (unpaired) electrons. The molecule has 7 nitrogen and oxygen atoms in total. The molecule has 3 rings (SSSR count). The number of fused-ring (bicyclic) bond motifs is 1. The zero-order chi connectivity index (χ0) is 14.8. The Labute approximate surface area is 128 Å². The van der Waals surface area contributed by atoms with Crippen molar-refractivity contribution in [2.24, 2.45) is 10.9 Å². The van der Waals surface area contributed by atoms with E-state index in [4.69, 9.17) is 10.9 Å². The van der Waals surface area contributed by atoms with Gasteiger partial charge < -0.3 is 10.9 Å². The first kappa shape index (κ1) is 13.5. The average Bonchev–Trinajstić information content (AvgIpc) is 2.85. The minimum absolute atomic E-state index is 0.0803.